The van der Waals surface area contributed by atoms with E-state index < -0.39 is 23.5 Å². The summed E-state index contributed by atoms with van der Waals surface area (Å²) in [6, 6.07) is 7.21. The number of aryl methyl sites for hydroxylation is 1. The molecule has 3 N–H and O–H groups in total. The minimum Gasteiger partial charge on any atom is -0.481 e. The number of aliphatic carboxylic acids is 1. The number of carbonyl (C=O) groups excluding carboxylic acids is 1. The Morgan fingerprint density at radius 1 is 1.30 bits per heavy atom. The second-order valence-electron chi connectivity index (χ2n) is 5.66. The fourth-order valence-electron chi connectivity index (χ4n) is 1.78. The Bertz CT molecular complexity index is 491. The summed E-state index contributed by atoms with van der Waals surface area (Å²) in [6.45, 7) is 5.12. The van der Waals surface area contributed by atoms with E-state index in [-0.39, 0.29) is 6.42 Å². The molecule has 1 atom stereocenters. The van der Waals surface area contributed by atoms with Gasteiger partial charge in [-0.2, -0.15) is 0 Å². The largest absolute Gasteiger partial charge is 0.481 e. The normalized spacial score (nSPS) is 12.8. The molecule has 0 amide bonds. The summed E-state index contributed by atoms with van der Waals surface area (Å²) < 4.78 is 5.13. The van der Waals surface area contributed by atoms with E-state index >= 15 is 0 Å². The number of para-hydroxylation sites is 1. The van der Waals surface area contributed by atoms with Crippen molar-refractivity contribution in [3.63, 3.8) is 0 Å². The standard InChI is InChI=1S/C15H21NO4/c1-15(2,3)20-14(19)11(13(17)18)9-8-10-6-4-5-7-12(10)16/h4-7,11H,8-9,16H2,1-3H3,(H,17,18). The Kier molecular flexibility index (Phi) is 5.13. The van der Waals surface area contributed by atoms with Gasteiger partial charge in [0, 0.05) is 5.69 Å². The average Bonchev–Trinajstić information content (AvgIpc) is 2.28. The first-order valence-electron chi connectivity index (χ1n) is 6.50. The van der Waals surface area contributed by atoms with Crippen molar-refractivity contribution in [2.45, 2.75) is 39.2 Å². The fraction of sp³-hybridized carbons (Fsp3) is 0.467. The SMILES string of the molecule is CC(C)(C)OC(=O)C(CCc1ccccc1N)C(=O)O. The second-order valence-corrected chi connectivity index (χ2v) is 5.66. The van der Waals surface area contributed by atoms with E-state index in [4.69, 9.17) is 15.6 Å². The summed E-state index contributed by atoms with van der Waals surface area (Å²) in [5.41, 5.74) is 6.53. The molecule has 1 rings (SSSR count). The summed E-state index contributed by atoms with van der Waals surface area (Å²) in [5, 5.41) is 9.16. The minimum absolute atomic E-state index is 0.165. The van der Waals surface area contributed by atoms with Gasteiger partial charge in [0.15, 0.2) is 5.92 Å². The smallest absolute Gasteiger partial charge is 0.320 e. The zero-order valence-corrected chi connectivity index (χ0v) is 12.1. The fourth-order valence-corrected chi connectivity index (χ4v) is 1.78. The monoisotopic (exact) mass is 279 g/mol. The maximum Gasteiger partial charge on any atom is 0.320 e. The van der Waals surface area contributed by atoms with Crippen molar-refractivity contribution in [2.24, 2.45) is 5.92 Å². The summed E-state index contributed by atoms with van der Waals surface area (Å²) in [6.07, 6.45) is 0.585. The molecule has 0 fully saturated rings. The summed E-state index contributed by atoms with van der Waals surface area (Å²) in [4.78, 5) is 23.1. The van der Waals surface area contributed by atoms with Crippen molar-refractivity contribution in [2.75, 3.05) is 5.73 Å². The number of benzene rings is 1. The van der Waals surface area contributed by atoms with E-state index in [1.165, 1.54) is 0 Å². The molecule has 1 unspecified atom stereocenters. The third kappa shape index (κ3) is 4.91. The number of hydrogen-bond acceptors (Lipinski definition) is 4. The third-order valence-corrected chi connectivity index (χ3v) is 2.75. The Balaban J connectivity index is 2.72. The topological polar surface area (TPSA) is 89.6 Å². The van der Waals surface area contributed by atoms with Crippen molar-refractivity contribution in [1.82, 2.24) is 0 Å². The van der Waals surface area contributed by atoms with Gasteiger partial charge in [0.05, 0.1) is 0 Å². The van der Waals surface area contributed by atoms with Gasteiger partial charge < -0.3 is 15.6 Å². The number of nitrogen functional groups attached to an aromatic ring is 1. The lowest BCUT2D eigenvalue weighted by Crippen LogP contribution is -2.33. The highest BCUT2D eigenvalue weighted by atomic mass is 16.6. The Morgan fingerprint density at radius 2 is 1.90 bits per heavy atom. The molecule has 110 valence electrons. The Labute approximate surface area is 118 Å². The van der Waals surface area contributed by atoms with E-state index in [9.17, 15) is 9.59 Å². The van der Waals surface area contributed by atoms with Crippen LogP contribution in [0.25, 0.3) is 0 Å². The van der Waals surface area contributed by atoms with Gasteiger partial charge >= 0.3 is 11.9 Å². The van der Waals surface area contributed by atoms with Crippen molar-refractivity contribution < 1.29 is 19.4 Å². The van der Waals surface area contributed by atoms with Crippen molar-refractivity contribution in [1.29, 1.82) is 0 Å². The predicted molar refractivity (Wildman–Crippen MR) is 76.1 cm³/mol. The molecule has 0 spiro atoms. The van der Waals surface area contributed by atoms with Crippen LogP contribution in [0.15, 0.2) is 24.3 Å². The molecule has 5 nitrogen and oxygen atoms in total. The average molecular weight is 279 g/mol. The lowest BCUT2D eigenvalue weighted by Gasteiger charge is -2.22. The Morgan fingerprint density at radius 3 is 2.40 bits per heavy atom. The van der Waals surface area contributed by atoms with Crippen LogP contribution in [-0.4, -0.2) is 22.6 Å². The van der Waals surface area contributed by atoms with Gasteiger partial charge in [-0.05, 0) is 45.2 Å². The molecule has 0 aliphatic rings. The van der Waals surface area contributed by atoms with Gasteiger partial charge in [-0.15, -0.1) is 0 Å². The quantitative estimate of drug-likeness (QED) is 0.490. The highest BCUT2D eigenvalue weighted by Crippen LogP contribution is 2.19. The number of hydrogen-bond donors (Lipinski definition) is 2. The van der Waals surface area contributed by atoms with Crippen LogP contribution in [0.4, 0.5) is 5.69 Å². The predicted octanol–water partition coefficient (Wildman–Crippen LogP) is 2.24. The highest BCUT2D eigenvalue weighted by molar-refractivity contribution is 5.94. The van der Waals surface area contributed by atoms with E-state index in [2.05, 4.69) is 0 Å². The Hall–Kier alpha value is -2.04. The lowest BCUT2D eigenvalue weighted by atomic mass is 9.98. The number of carbonyl (C=O) groups is 2. The molecule has 0 aliphatic carbocycles. The van der Waals surface area contributed by atoms with E-state index in [0.29, 0.717) is 12.1 Å². The van der Waals surface area contributed by atoms with Gasteiger partial charge in [0.25, 0.3) is 0 Å². The van der Waals surface area contributed by atoms with Gasteiger partial charge in [-0.1, -0.05) is 18.2 Å². The van der Waals surface area contributed by atoms with E-state index in [1.54, 1.807) is 32.9 Å². The number of ether oxygens (including phenoxy) is 1. The first-order chi connectivity index (χ1) is 9.20. The maximum atomic E-state index is 11.9. The highest BCUT2D eigenvalue weighted by Gasteiger charge is 2.30. The molecule has 0 saturated heterocycles. The van der Waals surface area contributed by atoms with Crippen LogP contribution < -0.4 is 5.73 Å². The molecule has 0 bridgehead atoms. The molecular formula is C15H21NO4. The maximum absolute atomic E-state index is 11.9. The summed E-state index contributed by atoms with van der Waals surface area (Å²) >= 11 is 0. The molecular weight excluding hydrogens is 258 g/mol. The molecule has 1 aromatic rings. The summed E-state index contributed by atoms with van der Waals surface area (Å²) in [7, 11) is 0. The summed E-state index contributed by atoms with van der Waals surface area (Å²) in [5.74, 6) is -3.05. The van der Waals surface area contributed by atoms with Crippen molar-refractivity contribution >= 4 is 17.6 Å². The minimum atomic E-state index is -1.17. The van der Waals surface area contributed by atoms with Crippen LogP contribution in [-0.2, 0) is 20.7 Å². The van der Waals surface area contributed by atoms with Crippen LogP contribution in [0.3, 0.4) is 0 Å². The zero-order chi connectivity index (χ0) is 15.3. The van der Waals surface area contributed by atoms with Crippen LogP contribution in [0.5, 0.6) is 0 Å². The van der Waals surface area contributed by atoms with Crippen LogP contribution in [0, 0.1) is 5.92 Å². The van der Waals surface area contributed by atoms with Gasteiger partial charge in [-0.3, -0.25) is 9.59 Å². The number of anilines is 1. The van der Waals surface area contributed by atoms with Crippen molar-refractivity contribution in [3.8, 4) is 0 Å². The first-order valence-corrected chi connectivity index (χ1v) is 6.50. The molecule has 20 heavy (non-hydrogen) atoms. The number of nitrogens with two attached hydrogens (primary N) is 1. The van der Waals surface area contributed by atoms with Crippen LogP contribution >= 0.6 is 0 Å². The molecule has 0 saturated carbocycles. The number of rotatable bonds is 5. The lowest BCUT2D eigenvalue weighted by molar-refractivity contribution is -0.167. The molecule has 0 radical (unpaired) electrons. The van der Waals surface area contributed by atoms with Gasteiger partial charge in [0.1, 0.15) is 5.60 Å². The first kappa shape index (κ1) is 16.0. The molecule has 1 aromatic carbocycles. The molecule has 0 aliphatic heterocycles. The van der Waals surface area contributed by atoms with E-state index in [1.807, 2.05) is 12.1 Å². The van der Waals surface area contributed by atoms with Crippen molar-refractivity contribution in [3.05, 3.63) is 29.8 Å². The van der Waals surface area contributed by atoms with Gasteiger partial charge in [0.2, 0.25) is 0 Å². The molecule has 0 heterocycles. The third-order valence-electron chi connectivity index (χ3n) is 2.75. The van der Waals surface area contributed by atoms with Crippen LogP contribution in [0.1, 0.15) is 32.8 Å². The number of esters is 1. The number of carboxylic acid groups (broad SMARTS) is 1. The second kappa shape index (κ2) is 6.41. The van der Waals surface area contributed by atoms with Crippen LogP contribution in [0.2, 0.25) is 0 Å². The molecule has 0 aromatic heterocycles. The van der Waals surface area contributed by atoms with Gasteiger partial charge in [-0.25, -0.2) is 0 Å². The zero-order valence-electron chi connectivity index (χ0n) is 12.1. The molecule has 5 heteroatoms. The number of carboxylic acids is 1. The van der Waals surface area contributed by atoms with E-state index in [0.717, 1.165) is 5.56 Å².